The zero-order chi connectivity index (χ0) is 13.8. The monoisotopic (exact) mass is 285 g/mol. The molecule has 0 amide bonds. The second-order valence-electron chi connectivity index (χ2n) is 4.74. The number of aromatic nitrogens is 1. The molecule has 2 atom stereocenters. The number of rotatable bonds is 4. The Hall–Kier alpha value is -1.40. The lowest BCUT2D eigenvalue weighted by atomic mass is 9.85. The van der Waals surface area contributed by atoms with Gasteiger partial charge in [0.05, 0.1) is 4.92 Å². The summed E-state index contributed by atoms with van der Waals surface area (Å²) in [6.45, 7) is 0.0754. The molecule has 19 heavy (non-hydrogen) atoms. The number of nitrogens with zero attached hydrogens (tertiary/aromatic N) is 2. The second-order valence-corrected chi connectivity index (χ2v) is 5.12. The van der Waals surface area contributed by atoms with Crippen LogP contribution < -0.4 is 5.32 Å². The van der Waals surface area contributed by atoms with Crippen molar-refractivity contribution in [1.82, 2.24) is 4.98 Å². The fourth-order valence-electron chi connectivity index (χ4n) is 2.47. The summed E-state index contributed by atoms with van der Waals surface area (Å²) in [5, 5.41) is 23.6. The van der Waals surface area contributed by atoms with E-state index in [4.69, 9.17) is 11.6 Å². The molecule has 104 valence electrons. The predicted molar refractivity (Wildman–Crippen MR) is 72.4 cm³/mol. The Kier molecular flexibility index (Phi) is 4.55. The van der Waals surface area contributed by atoms with Gasteiger partial charge in [0.1, 0.15) is 5.15 Å². The molecule has 2 N–H and O–H groups in total. The lowest BCUT2D eigenvalue weighted by Gasteiger charge is -2.31. The highest BCUT2D eigenvalue weighted by Crippen LogP contribution is 2.30. The summed E-state index contributed by atoms with van der Waals surface area (Å²) in [5.74, 6) is 0.289. The number of pyridine rings is 1. The Bertz CT molecular complexity index is 470. The van der Waals surface area contributed by atoms with Crippen LogP contribution in [0.25, 0.3) is 0 Å². The minimum Gasteiger partial charge on any atom is -0.396 e. The van der Waals surface area contributed by atoms with E-state index in [-0.39, 0.29) is 35.2 Å². The van der Waals surface area contributed by atoms with Crippen molar-refractivity contribution in [2.24, 2.45) is 5.92 Å². The minimum absolute atomic E-state index is 0.00316. The van der Waals surface area contributed by atoms with Gasteiger partial charge >= 0.3 is 5.69 Å². The van der Waals surface area contributed by atoms with Crippen LogP contribution in [-0.4, -0.2) is 27.7 Å². The van der Waals surface area contributed by atoms with Crippen molar-refractivity contribution in [2.45, 2.75) is 31.7 Å². The maximum Gasteiger partial charge on any atom is 0.311 e. The number of anilines is 1. The van der Waals surface area contributed by atoms with Crippen LogP contribution in [0.5, 0.6) is 0 Å². The van der Waals surface area contributed by atoms with Crippen molar-refractivity contribution in [3.8, 4) is 0 Å². The van der Waals surface area contributed by atoms with E-state index in [0.717, 1.165) is 25.7 Å². The molecule has 1 heterocycles. The number of aliphatic hydroxyl groups excluding tert-OH is 1. The third-order valence-corrected chi connectivity index (χ3v) is 3.71. The molecule has 1 aromatic heterocycles. The predicted octanol–water partition coefficient (Wildman–Crippen LogP) is 2.61. The zero-order valence-corrected chi connectivity index (χ0v) is 11.1. The van der Waals surface area contributed by atoms with E-state index in [1.54, 1.807) is 0 Å². The van der Waals surface area contributed by atoms with Gasteiger partial charge in [0.25, 0.3) is 0 Å². The molecule has 0 spiro atoms. The molecule has 7 heteroatoms. The molecule has 2 unspecified atom stereocenters. The highest BCUT2D eigenvalue weighted by molar-refractivity contribution is 6.29. The Morgan fingerprint density at radius 1 is 1.47 bits per heavy atom. The highest BCUT2D eigenvalue weighted by atomic mass is 35.5. The van der Waals surface area contributed by atoms with Gasteiger partial charge in [-0.1, -0.05) is 24.4 Å². The standard InChI is InChI=1S/C12H16ClN3O3/c13-11-6-5-10(16(18)19)12(15-11)14-9-4-2-1-3-8(9)7-17/h5-6,8-9,17H,1-4,7H2,(H,14,15). The quantitative estimate of drug-likeness (QED) is 0.504. The summed E-state index contributed by atoms with van der Waals surface area (Å²) in [5.41, 5.74) is -0.0911. The fraction of sp³-hybridized carbons (Fsp3) is 0.583. The molecule has 0 bridgehead atoms. The fourth-order valence-corrected chi connectivity index (χ4v) is 2.62. The van der Waals surface area contributed by atoms with Gasteiger partial charge in [-0.05, 0) is 18.9 Å². The van der Waals surface area contributed by atoms with Gasteiger partial charge < -0.3 is 10.4 Å². The number of hydrogen-bond acceptors (Lipinski definition) is 5. The summed E-state index contributed by atoms with van der Waals surface area (Å²) in [6.07, 6.45) is 3.91. The van der Waals surface area contributed by atoms with Crippen LogP contribution in [-0.2, 0) is 0 Å². The van der Waals surface area contributed by atoms with Crippen molar-refractivity contribution in [3.63, 3.8) is 0 Å². The summed E-state index contributed by atoms with van der Waals surface area (Å²) in [4.78, 5) is 14.5. The minimum atomic E-state index is -0.484. The molecule has 1 fully saturated rings. The van der Waals surface area contributed by atoms with E-state index >= 15 is 0 Å². The number of halogens is 1. The van der Waals surface area contributed by atoms with Crippen LogP contribution in [0, 0.1) is 16.0 Å². The van der Waals surface area contributed by atoms with Crippen molar-refractivity contribution in [2.75, 3.05) is 11.9 Å². The molecule has 0 aromatic carbocycles. The van der Waals surface area contributed by atoms with Crippen LogP contribution in [0.3, 0.4) is 0 Å². The van der Waals surface area contributed by atoms with Crippen molar-refractivity contribution < 1.29 is 10.0 Å². The van der Waals surface area contributed by atoms with Gasteiger partial charge in [0.2, 0.25) is 5.82 Å². The molecule has 2 rings (SSSR count). The average Bonchev–Trinajstić information content (AvgIpc) is 2.39. The molecule has 0 radical (unpaired) electrons. The van der Waals surface area contributed by atoms with Crippen LogP contribution in [0.15, 0.2) is 12.1 Å². The van der Waals surface area contributed by atoms with E-state index < -0.39 is 4.92 Å². The number of hydrogen-bond donors (Lipinski definition) is 2. The number of aliphatic hydroxyl groups is 1. The molecular formula is C12H16ClN3O3. The summed E-state index contributed by atoms with van der Waals surface area (Å²) < 4.78 is 0. The number of nitrogens with one attached hydrogen (secondary N) is 1. The normalized spacial score (nSPS) is 23.1. The van der Waals surface area contributed by atoms with Crippen molar-refractivity contribution in [1.29, 1.82) is 0 Å². The Morgan fingerprint density at radius 3 is 2.89 bits per heavy atom. The average molecular weight is 286 g/mol. The van der Waals surface area contributed by atoms with Crippen LogP contribution in [0.2, 0.25) is 5.15 Å². The maximum absolute atomic E-state index is 11.0. The van der Waals surface area contributed by atoms with Gasteiger partial charge in [-0.2, -0.15) is 0 Å². The Morgan fingerprint density at radius 2 is 2.21 bits per heavy atom. The summed E-state index contributed by atoms with van der Waals surface area (Å²) in [7, 11) is 0. The largest absolute Gasteiger partial charge is 0.396 e. The number of nitro groups is 1. The SMILES string of the molecule is O=[N+]([O-])c1ccc(Cl)nc1NC1CCCCC1CO. The Labute approximate surface area is 116 Å². The first-order valence-electron chi connectivity index (χ1n) is 6.30. The molecule has 0 aliphatic heterocycles. The van der Waals surface area contributed by atoms with E-state index in [0.29, 0.717) is 0 Å². The van der Waals surface area contributed by atoms with Crippen LogP contribution in [0.4, 0.5) is 11.5 Å². The molecule has 0 saturated heterocycles. The molecule has 1 aromatic rings. The first-order chi connectivity index (χ1) is 9.11. The second kappa shape index (κ2) is 6.16. The third kappa shape index (κ3) is 3.33. The van der Waals surface area contributed by atoms with Gasteiger partial charge in [-0.25, -0.2) is 4.98 Å². The lowest BCUT2D eigenvalue weighted by Crippen LogP contribution is -2.34. The first-order valence-corrected chi connectivity index (χ1v) is 6.68. The highest BCUT2D eigenvalue weighted by Gasteiger charge is 2.27. The smallest absolute Gasteiger partial charge is 0.311 e. The molecule has 1 aliphatic rings. The van der Waals surface area contributed by atoms with Crippen molar-refractivity contribution >= 4 is 23.1 Å². The van der Waals surface area contributed by atoms with Crippen LogP contribution >= 0.6 is 11.6 Å². The van der Waals surface area contributed by atoms with E-state index in [1.165, 1.54) is 12.1 Å². The third-order valence-electron chi connectivity index (χ3n) is 3.50. The van der Waals surface area contributed by atoms with Crippen molar-refractivity contribution in [3.05, 3.63) is 27.4 Å². The maximum atomic E-state index is 11.0. The first kappa shape index (κ1) is 14.0. The Balaban J connectivity index is 2.21. The molecule has 1 aliphatic carbocycles. The molecule has 1 saturated carbocycles. The van der Waals surface area contributed by atoms with Gasteiger partial charge in [0.15, 0.2) is 0 Å². The summed E-state index contributed by atoms with van der Waals surface area (Å²) in [6, 6.07) is 2.74. The van der Waals surface area contributed by atoms with Crippen LogP contribution in [0.1, 0.15) is 25.7 Å². The van der Waals surface area contributed by atoms with E-state index in [2.05, 4.69) is 10.3 Å². The molecular weight excluding hydrogens is 270 g/mol. The van der Waals surface area contributed by atoms with Gasteiger partial charge in [0, 0.05) is 24.6 Å². The van der Waals surface area contributed by atoms with Gasteiger partial charge in [-0.3, -0.25) is 10.1 Å². The van der Waals surface area contributed by atoms with Gasteiger partial charge in [-0.15, -0.1) is 0 Å². The molecule has 6 nitrogen and oxygen atoms in total. The summed E-state index contributed by atoms with van der Waals surface area (Å²) >= 11 is 5.79. The topological polar surface area (TPSA) is 88.3 Å². The lowest BCUT2D eigenvalue weighted by molar-refractivity contribution is -0.384. The zero-order valence-electron chi connectivity index (χ0n) is 10.4. The van der Waals surface area contributed by atoms with E-state index in [9.17, 15) is 15.2 Å². The van der Waals surface area contributed by atoms with E-state index in [1.807, 2.05) is 0 Å².